The number of anilines is 2. The number of carbonyl (C=O) groups is 2. The molecule has 42 heavy (non-hydrogen) atoms. The van der Waals surface area contributed by atoms with Crippen LogP contribution in [0.4, 0.5) is 11.5 Å². The minimum Gasteiger partial charge on any atom is -0.454 e. The quantitative estimate of drug-likeness (QED) is 0.347. The van der Waals surface area contributed by atoms with Crippen LogP contribution in [0.2, 0.25) is 0 Å². The first-order valence-electron chi connectivity index (χ1n) is 14.3. The molecule has 4 aliphatic rings. The van der Waals surface area contributed by atoms with Crippen LogP contribution in [0.3, 0.4) is 0 Å². The predicted octanol–water partition coefficient (Wildman–Crippen LogP) is 4.79. The number of amides is 1. The molecule has 9 nitrogen and oxygen atoms in total. The normalized spacial score (nSPS) is 19.7. The summed E-state index contributed by atoms with van der Waals surface area (Å²) in [6, 6.07) is 12.2. The first-order valence-corrected chi connectivity index (χ1v) is 16.0. The van der Waals surface area contributed by atoms with Gasteiger partial charge in [-0.1, -0.05) is 23.9 Å². The van der Waals surface area contributed by atoms with E-state index < -0.39 is 0 Å². The van der Waals surface area contributed by atoms with E-state index in [1.165, 1.54) is 27.8 Å². The van der Waals surface area contributed by atoms with Gasteiger partial charge in [-0.2, -0.15) is 0 Å². The zero-order valence-electron chi connectivity index (χ0n) is 22.9. The Morgan fingerprint density at radius 1 is 1.05 bits per heavy atom. The molecule has 1 unspecified atom stereocenters. The van der Waals surface area contributed by atoms with Gasteiger partial charge in [0.2, 0.25) is 12.7 Å². The molecule has 11 heteroatoms. The first-order chi connectivity index (χ1) is 20.6. The lowest BCUT2D eigenvalue weighted by Crippen LogP contribution is -2.50. The minimum atomic E-state index is 0.00149. The molecule has 2 aromatic carbocycles. The van der Waals surface area contributed by atoms with Crippen molar-refractivity contribution in [3.63, 3.8) is 0 Å². The fourth-order valence-corrected chi connectivity index (χ4v) is 8.62. The number of piperazine rings is 1. The third-order valence-electron chi connectivity index (χ3n) is 8.61. The average Bonchev–Trinajstić information content (AvgIpc) is 3.72. The lowest BCUT2D eigenvalue weighted by molar-refractivity contribution is -0.137. The van der Waals surface area contributed by atoms with E-state index in [9.17, 15) is 9.59 Å². The molecule has 214 valence electrons. The number of aromatic nitrogens is 2. The number of thioether (sulfide) groups is 1. The van der Waals surface area contributed by atoms with Gasteiger partial charge in [-0.05, 0) is 60.2 Å². The van der Waals surface area contributed by atoms with Crippen LogP contribution in [0, 0.1) is 5.92 Å². The predicted molar refractivity (Wildman–Crippen MR) is 162 cm³/mol. The second-order valence-corrected chi connectivity index (χ2v) is 13.4. The Morgan fingerprint density at radius 3 is 2.83 bits per heavy atom. The van der Waals surface area contributed by atoms with Crippen molar-refractivity contribution in [1.82, 2.24) is 19.8 Å². The number of rotatable bonds is 5. The fraction of sp³-hybridized carbons (Fsp3) is 0.355. The number of fused-ring (bicyclic) bond motifs is 5. The Balaban J connectivity index is 0.929. The van der Waals surface area contributed by atoms with Crippen molar-refractivity contribution in [2.75, 3.05) is 38.3 Å². The van der Waals surface area contributed by atoms with E-state index in [0.717, 1.165) is 95.7 Å². The van der Waals surface area contributed by atoms with E-state index in [1.54, 1.807) is 17.7 Å². The van der Waals surface area contributed by atoms with Gasteiger partial charge in [0.15, 0.2) is 16.6 Å². The number of hydrogen-bond acceptors (Lipinski definition) is 10. The second-order valence-electron chi connectivity index (χ2n) is 11.2. The third-order valence-corrected chi connectivity index (χ3v) is 10.7. The zero-order chi connectivity index (χ0) is 28.2. The number of nitrogens with one attached hydrogen (secondary N) is 1. The van der Waals surface area contributed by atoms with Crippen molar-refractivity contribution in [2.45, 2.75) is 37.1 Å². The Hall–Kier alpha value is -3.67. The molecule has 1 saturated heterocycles. The topological polar surface area (TPSA) is 96.9 Å². The number of thiophene rings is 1. The van der Waals surface area contributed by atoms with Crippen molar-refractivity contribution in [3.05, 3.63) is 64.3 Å². The highest BCUT2D eigenvalue weighted by Gasteiger charge is 2.33. The van der Waals surface area contributed by atoms with E-state index in [-0.39, 0.29) is 23.7 Å². The van der Waals surface area contributed by atoms with E-state index in [0.29, 0.717) is 6.42 Å². The van der Waals surface area contributed by atoms with Gasteiger partial charge in [-0.25, -0.2) is 9.97 Å². The molecule has 1 fully saturated rings. The molecule has 1 amide bonds. The number of aryl methyl sites for hydroxylation is 1. The van der Waals surface area contributed by atoms with Crippen LogP contribution in [0.1, 0.15) is 28.0 Å². The molecule has 4 aromatic rings. The lowest BCUT2D eigenvalue weighted by atomic mass is 9.86. The summed E-state index contributed by atoms with van der Waals surface area (Å²) in [6.45, 7) is 4.36. The summed E-state index contributed by atoms with van der Waals surface area (Å²) in [5.74, 6) is 2.68. The van der Waals surface area contributed by atoms with Crippen molar-refractivity contribution < 1.29 is 19.1 Å². The molecular weight excluding hydrogens is 571 g/mol. The van der Waals surface area contributed by atoms with Crippen molar-refractivity contribution in [1.29, 1.82) is 0 Å². The van der Waals surface area contributed by atoms with E-state index in [2.05, 4.69) is 37.2 Å². The van der Waals surface area contributed by atoms with Gasteiger partial charge in [0.1, 0.15) is 17.0 Å². The monoisotopic (exact) mass is 599 g/mol. The molecule has 1 aliphatic carbocycles. The molecule has 0 radical (unpaired) electrons. The third kappa shape index (κ3) is 4.79. The number of benzene rings is 2. The molecule has 1 atom stereocenters. The van der Waals surface area contributed by atoms with E-state index in [1.807, 2.05) is 24.3 Å². The van der Waals surface area contributed by atoms with Crippen LogP contribution >= 0.6 is 23.1 Å². The summed E-state index contributed by atoms with van der Waals surface area (Å²) < 4.78 is 11.0. The smallest absolute Gasteiger partial charge is 0.231 e. The van der Waals surface area contributed by atoms with Gasteiger partial charge in [0, 0.05) is 60.5 Å². The van der Waals surface area contributed by atoms with Gasteiger partial charge in [-0.3, -0.25) is 14.5 Å². The van der Waals surface area contributed by atoms with E-state index >= 15 is 0 Å². The molecule has 0 spiro atoms. The number of ether oxygens (including phenoxy) is 2. The standard InChI is InChI=1S/C31H29N5O4S2/c37-27-13-19-2-4-21(14-25(19)41-27)34-29-28-22-5-3-20(12-26(22)42-30(28)33-16-32-29)31(38)36-9-7-35(8-10-36)15-18-1-6-23-24(11-18)40-17-39-23/h1-2,4,6,11,14,16,20H,3,5,7-10,12-13,15,17H2,(H,32,33,34). The lowest BCUT2D eigenvalue weighted by Gasteiger charge is -2.37. The largest absolute Gasteiger partial charge is 0.454 e. The average molecular weight is 600 g/mol. The first kappa shape index (κ1) is 26.0. The summed E-state index contributed by atoms with van der Waals surface area (Å²) in [5.41, 5.74) is 4.46. The summed E-state index contributed by atoms with van der Waals surface area (Å²) in [5, 5.41) is 4.73. The molecule has 8 rings (SSSR count). The maximum absolute atomic E-state index is 13.6. The van der Waals surface area contributed by atoms with Gasteiger partial charge >= 0.3 is 0 Å². The Morgan fingerprint density at radius 2 is 1.93 bits per heavy atom. The SMILES string of the molecule is O=C1Cc2ccc(Nc3ncnc4sc5c(c34)CCC(C(=O)N3CCN(Cc4ccc6c(c4)OCO6)CC3)C5)cc2S1. The molecule has 0 saturated carbocycles. The van der Waals surface area contributed by atoms with Crippen molar-refractivity contribution in [3.8, 4) is 11.5 Å². The molecule has 2 aromatic heterocycles. The molecule has 0 bridgehead atoms. The number of hydrogen-bond donors (Lipinski definition) is 1. The zero-order valence-corrected chi connectivity index (χ0v) is 24.6. The maximum Gasteiger partial charge on any atom is 0.231 e. The van der Waals surface area contributed by atoms with Crippen LogP contribution in [-0.2, 0) is 35.4 Å². The van der Waals surface area contributed by atoms with Gasteiger partial charge in [-0.15, -0.1) is 11.3 Å². The van der Waals surface area contributed by atoms with Crippen LogP contribution < -0.4 is 14.8 Å². The summed E-state index contributed by atoms with van der Waals surface area (Å²) in [4.78, 5) is 42.3. The van der Waals surface area contributed by atoms with Crippen molar-refractivity contribution in [2.24, 2.45) is 5.92 Å². The Bertz CT molecular complexity index is 1730. The van der Waals surface area contributed by atoms with E-state index in [4.69, 9.17) is 9.47 Å². The highest BCUT2D eigenvalue weighted by Crippen LogP contribution is 2.42. The van der Waals surface area contributed by atoms with Crippen LogP contribution in [0.25, 0.3) is 10.2 Å². The molecule has 5 heterocycles. The van der Waals surface area contributed by atoms with Crippen molar-refractivity contribution >= 4 is 55.8 Å². The Labute approximate surface area is 251 Å². The van der Waals surface area contributed by atoms with Crippen LogP contribution in [-0.4, -0.2) is 63.8 Å². The fourth-order valence-electron chi connectivity index (χ4n) is 6.42. The number of nitrogens with zero attached hydrogens (tertiary/aromatic N) is 4. The highest BCUT2D eigenvalue weighted by atomic mass is 32.2. The van der Waals surface area contributed by atoms with Crippen LogP contribution in [0.5, 0.6) is 11.5 Å². The number of carbonyl (C=O) groups excluding carboxylic acids is 2. The minimum absolute atomic E-state index is 0.00149. The summed E-state index contributed by atoms with van der Waals surface area (Å²) in [7, 11) is 0. The van der Waals surface area contributed by atoms with Crippen LogP contribution in [0.15, 0.2) is 47.6 Å². The summed E-state index contributed by atoms with van der Waals surface area (Å²) in [6.07, 6.45) is 4.52. The molecular formula is C31H29N5O4S2. The van der Waals surface area contributed by atoms with Gasteiger partial charge < -0.3 is 19.7 Å². The highest BCUT2D eigenvalue weighted by molar-refractivity contribution is 8.14. The van der Waals surface area contributed by atoms with Gasteiger partial charge in [0.05, 0.1) is 5.39 Å². The second kappa shape index (κ2) is 10.6. The summed E-state index contributed by atoms with van der Waals surface area (Å²) >= 11 is 2.99. The van der Waals surface area contributed by atoms with Gasteiger partial charge in [0.25, 0.3) is 0 Å². The molecule has 3 aliphatic heterocycles. The maximum atomic E-state index is 13.6. The molecule has 1 N–H and O–H groups in total. The Kier molecular flexibility index (Phi) is 6.53.